The molecule has 1 aliphatic heterocycles. The van der Waals surface area contributed by atoms with Crippen molar-refractivity contribution in [1.29, 1.82) is 0 Å². The zero-order valence-corrected chi connectivity index (χ0v) is 18.8. The van der Waals surface area contributed by atoms with E-state index >= 15 is 0 Å². The molecule has 2 aromatic heterocycles. The predicted octanol–water partition coefficient (Wildman–Crippen LogP) is 4.03. The monoisotopic (exact) mass is 466 g/mol. The first-order chi connectivity index (χ1) is 17.0. The van der Waals surface area contributed by atoms with E-state index in [9.17, 15) is 9.59 Å². The molecule has 2 aromatic carbocycles. The van der Waals surface area contributed by atoms with E-state index in [1.807, 2.05) is 43.3 Å². The van der Waals surface area contributed by atoms with Crippen LogP contribution in [0.25, 0.3) is 23.1 Å². The Bertz CT molecular complexity index is 1440. The van der Waals surface area contributed by atoms with Gasteiger partial charge in [-0.25, -0.2) is 20.2 Å². The number of rotatable bonds is 5. The van der Waals surface area contributed by atoms with Gasteiger partial charge >= 0.3 is 6.03 Å². The highest BCUT2D eigenvalue weighted by Crippen LogP contribution is 2.22. The van der Waals surface area contributed by atoms with Crippen molar-refractivity contribution in [3.8, 4) is 0 Å². The topological polar surface area (TPSA) is 137 Å². The van der Waals surface area contributed by atoms with E-state index in [1.54, 1.807) is 36.7 Å². The van der Waals surface area contributed by atoms with Gasteiger partial charge in [-0.2, -0.15) is 10.2 Å². The highest BCUT2D eigenvalue weighted by atomic mass is 16.2. The molecule has 4 N–H and O–H groups in total. The summed E-state index contributed by atoms with van der Waals surface area (Å²) >= 11 is 0. The number of amides is 3. The SMILES string of the molecule is CC1CC(=O)NN=C1c1ccc(NC(=O)Nc2ccc3c(/C=C/c4ncccn4)n[nH]c3c2)cc1. The number of aromatic amines is 1. The molecule has 5 rings (SSSR count). The number of aromatic nitrogens is 4. The Hall–Kier alpha value is -4.86. The molecule has 1 aliphatic rings. The van der Waals surface area contributed by atoms with Crippen molar-refractivity contribution in [2.45, 2.75) is 13.3 Å². The smallest absolute Gasteiger partial charge is 0.308 e. The van der Waals surface area contributed by atoms with Gasteiger partial charge in [0.25, 0.3) is 0 Å². The van der Waals surface area contributed by atoms with E-state index in [-0.39, 0.29) is 17.9 Å². The van der Waals surface area contributed by atoms with Gasteiger partial charge in [-0.15, -0.1) is 0 Å². The predicted molar refractivity (Wildman–Crippen MR) is 135 cm³/mol. The Morgan fingerprint density at radius 3 is 2.54 bits per heavy atom. The molecule has 4 aromatic rings. The van der Waals surface area contributed by atoms with Crippen LogP contribution in [0.2, 0.25) is 0 Å². The van der Waals surface area contributed by atoms with Crippen molar-refractivity contribution >= 4 is 52.1 Å². The molecule has 10 nitrogen and oxygen atoms in total. The Morgan fingerprint density at radius 1 is 1.03 bits per heavy atom. The van der Waals surface area contributed by atoms with Crippen LogP contribution in [-0.4, -0.2) is 37.8 Å². The standard InChI is InChI=1S/C25H22N8O2/c1-15-13-23(34)32-33-24(15)16-3-5-17(6-4-16)28-25(35)29-18-7-8-19-20(30-31-21(19)14-18)9-10-22-26-11-2-12-27-22/h2-12,14-15H,13H2,1H3,(H,30,31)(H,32,34)(H2,28,29,35)/b10-9+. The van der Waals surface area contributed by atoms with Crippen LogP contribution in [-0.2, 0) is 4.79 Å². The number of benzene rings is 2. The molecule has 0 fully saturated rings. The van der Waals surface area contributed by atoms with Gasteiger partial charge in [0.2, 0.25) is 5.91 Å². The van der Waals surface area contributed by atoms with Crippen molar-refractivity contribution in [3.63, 3.8) is 0 Å². The van der Waals surface area contributed by atoms with Gasteiger partial charge in [0.15, 0.2) is 5.82 Å². The summed E-state index contributed by atoms with van der Waals surface area (Å²) in [6, 6.07) is 14.3. The fourth-order valence-electron chi connectivity index (χ4n) is 3.82. The van der Waals surface area contributed by atoms with E-state index in [0.29, 0.717) is 23.6 Å². The summed E-state index contributed by atoms with van der Waals surface area (Å²) in [5, 5.41) is 18.0. The van der Waals surface area contributed by atoms with Crippen molar-refractivity contribution < 1.29 is 9.59 Å². The summed E-state index contributed by atoms with van der Waals surface area (Å²) < 4.78 is 0. The van der Waals surface area contributed by atoms with Gasteiger partial charge in [0.1, 0.15) is 0 Å². The molecule has 35 heavy (non-hydrogen) atoms. The first-order valence-electron chi connectivity index (χ1n) is 11.0. The lowest BCUT2D eigenvalue weighted by Crippen LogP contribution is -2.31. The first-order valence-corrected chi connectivity index (χ1v) is 11.0. The molecule has 0 saturated heterocycles. The molecular formula is C25H22N8O2. The molecule has 10 heteroatoms. The lowest BCUT2D eigenvalue weighted by Gasteiger charge is -2.19. The third-order valence-corrected chi connectivity index (χ3v) is 5.52. The maximum atomic E-state index is 12.5. The highest BCUT2D eigenvalue weighted by molar-refractivity contribution is 6.06. The van der Waals surface area contributed by atoms with Crippen LogP contribution in [0.4, 0.5) is 16.2 Å². The molecule has 0 radical (unpaired) electrons. The van der Waals surface area contributed by atoms with Crippen LogP contribution in [0.1, 0.15) is 30.4 Å². The Kier molecular flexibility index (Phi) is 6.00. The summed E-state index contributed by atoms with van der Waals surface area (Å²) in [7, 11) is 0. The molecule has 0 aliphatic carbocycles. The molecule has 1 atom stereocenters. The van der Waals surface area contributed by atoms with E-state index in [4.69, 9.17) is 0 Å². The number of carbonyl (C=O) groups is 2. The minimum absolute atomic E-state index is 0.0333. The van der Waals surface area contributed by atoms with E-state index in [2.05, 4.69) is 41.3 Å². The first kappa shape index (κ1) is 22.0. The minimum atomic E-state index is -0.367. The van der Waals surface area contributed by atoms with Crippen LogP contribution in [0.15, 0.2) is 66.0 Å². The van der Waals surface area contributed by atoms with Crippen molar-refractivity contribution in [1.82, 2.24) is 25.6 Å². The quantitative estimate of drug-likeness (QED) is 0.352. The summed E-state index contributed by atoms with van der Waals surface area (Å²) in [5.74, 6) is 0.546. The van der Waals surface area contributed by atoms with Crippen LogP contribution >= 0.6 is 0 Å². The zero-order valence-electron chi connectivity index (χ0n) is 18.8. The van der Waals surface area contributed by atoms with Gasteiger partial charge in [-0.05, 0) is 54.1 Å². The van der Waals surface area contributed by atoms with Crippen molar-refractivity contribution in [3.05, 3.63) is 78.0 Å². The number of hydrogen-bond donors (Lipinski definition) is 4. The van der Waals surface area contributed by atoms with Gasteiger partial charge in [0.05, 0.1) is 16.9 Å². The molecule has 0 saturated carbocycles. The number of carbonyl (C=O) groups excluding carboxylic acids is 2. The summed E-state index contributed by atoms with van der Waals surface area (Å²) in [4.78, 5) is 32.3. The maximum Gasteiger partial charge on any atom is 0.323 e. The number of hydrogen-bond acceptors (Lipinski definition) is 6. The van der Waals surface area contributed by atoms with Crippen molar-refractivity contribution in [2.75, 3.05) is 10.6 Å². The van der Waals surface area contributed by atoms with E-state index < -0.39 is 0 Å². The average Bonchev–Trinajstić information content (AvgIpc) is 3.26. The summed E-state index contributed by atoms with van der Waals surface area (Å²) in [6.45, 7) is 1.96. The number of H-pyrrole nitrogens is 1. The fourth-order valence-corrected chi connectivity index (χ4v) is 3.82. The number of fused-ring (bicyclic) bond motifs is 1. The number of anilines is 2. The number of hydrazone groups is 1. The van der Waals surface area contributed by atoms with Crippen LogP contribution in [0.3, 0.4) is 0 Å². The molecular weight excluding hydrogens is 444 g/mol. The van der Waals surface area contributed by atoms with E-state index in [1.165, 1.54) is 0 Å². The largest absolute Gasteiger partial charge is 0.323 e. The lowest BCUT2D eigenvalue weighted by atomic mass is 9.94. The molecule has 1 unspecified atom stereocenters. The summed E-state index contributed by atoms with van der Waals surface area (Å²) in [5.41, 5.74) is 7.03. The Balaban J connectivity index is 1.23. The molecule has 3 amide bonds. The van der Waals surface area contributed by atoms with Gasteiger partial charge in [-0.3, -0.25) is 9.89 Å². The van der Waals surface area contributed by atoms with Crippen LogP contribution in [0, 0.1) is 5.92 Å². The normalized spacial score (nSPS) is 15.6. The van der Waals surface area contributed by atoms with Gasteiger partial charge in [-0.1, -0.05) is 19.1 Å². The molecule has 3 heterocycles. The van der Waals surface area contributed by atoms with Crippen molar-refractivity contribution in [2.24, 2.45) is 11.0 Å². The summed E-state index contributed by atoms with van der Waals surface area (Å²) in [6.07, 6.45) is 7.39. The second-order valence-electron chi connectivity index (χ2n) is 8.10. The van der Waals surface area contributed by atoms with E-state index in [0.717, 1.165) is 27.9 Å². The fraction of sp³-hybridized carbons (Fsp3) is 0.120. The van der Waals surface area contributed by atoms with Gasteiger partial charge in [0, 0.05) is 41.5 Å². The highest BCUT2D eigenvalue weighted by Gasteiger charge is 2.21. The minimum Gasteiger partial charge on any atom is -0.308 e. The van der Waals surface area contributed by atoms with Crippen LogP contribution < -0.4 is 16.1 Å². The molecule has 0 bridgehead atoms. The van der Waals surface area contributed by atoms with Gasteiger partial charge < -0.3 is 10.6 Å². The Morgan fingerprint density at radius 2 is 1.77 bits per heavy atom. The Labute approximate surface area is 200 Å². The number of urea groups is 1. The second kappa shape index (κ2) is 9.56. The molecule has 0 spiro atoms. The lowest BCUT2D eigenvalue weighted by molar-refractivity contribution is -0.121. The third kappa shape index (κ3) is 5.06. The van der Waals surface area contributed by atoms with Crippen LogP contribution in [0.5, 0.6) is 0 Å². The number of nitrogens with zero attached hydrogens (tertiary/aromatic N) is 4. The molecule has 174 valence electrons. The average molecular weight is 467 g/mol. The third-order valence-electron chi connectivity index (χ3n) is 5.52. The zero-order chi connectivity index (χ0) is 24.2. The number of nitrogens with one attached hydrogen (secondary N) is 4. The maximum absolute atomic E-state index is 12.5. The second-order valence-corrected chi connectivity index (χ2v) is 8.10.